The molecule has 0 atom stereocenters. The van der Waals surface area contributed by atoms with Gasteiger partial charge in [-0.3, -0.25) is 0 Å². The van der Waals surface area contributed by atoms with Gasteiger partial charge in [0.05, 0.1) is 0 Å². The van der Waals surface area contributed by atoms with Crippen molar-refractivity contribution in [3.63, 3.8) is 0 Å². The van der Waals surface area contributed by atoms with Crippen LogP contribution < -0.4 is 5.30 Å². The van der Waals surface area contributed by atoms with E-state index in [0.29, 0.717) is 0 Å². The van der Waals surface area contributed by atoms with Gasteiger partial charge in [0, 0.05) is 0 Å². The molecule has 0 radical (unpaired) electrons. The minimum Gasteiger partial charge on any atom is -0.0817 e. The lowest BCUT2D eigenvalue weighted by atomic mass is 10.0. The molecule has 0 aliphatic heterocycles. The van der Waals surface area contributed by atoms with E-state index in [1.807, 2.05) is 0 Å². The molecule has 0 heterocycles. The fourth-order valence-corrected chi connectivity index (χ4v) is 2.90. The number of benzene rings is 1. The summed E-state index contributed by atoms with van der Waals surface area (Å²) >= 11 is 0. The van der Waals surface area contributed by atoms with E-state index >= 15 is 0 Å². The summed E-state index contributed by atoms with van der Waals surface area (Å²) in [4.78, 5) is 0. The molecule has 0 fully saturated rings. The van der Waals surface area contributed by atoms with Crippen LogP contribution in [0.25, 0.3) is 0 Å². The lowest BCUT2D eigenvalue weighted by Crippen LogP contribution is -2.04. The van der Waals surface area contributed by atoms with Gasteiger partial charge in [-0.25, -0.2) is 0 Å². The largest absolute Gasteiger partial charge is 0.0817 e. The van der Waals surface area contributed by atoms with Crippen molar-refractivity contribution in [2.75, 3.05) is 13.3 Å². The maximum Gasteiger partial charge on any atom is -0.0240 e. The van der Waals surface area contributed by atoms with Crippen LogP contribution in [-0.4, -0.2) is 13.3 Å². The third-order valence-electron chi connectivity index (χ3n) is 3.19. The number of hydrogen-bond donors (Lipinski definition) is 0. The lowest BCUT2D eigenvalue weighted by molar-refractivity contribution is 0.781. The molecule has 96 valence electrons. The summed E-state index contributed by atoms with van der Waals surface area (Å²) in [6.45, 7) is 9.26. The summed E-state index contributed by atoms with van der Waals surface area (Å²) in [5.41, 5.74) is 3.12. The Kier molecular flexibility index (Phi) is 6.82. The monoisotopic (exact) mass is 250 g/mol. The Bertz CT molecular complexity index is 302. The molecule has 0 saturated heterocycles. The van der Waals surface area contributed by atoms with Crippen LogP contribution in [0.4, 0.5) is 0 Å². The van der Waals surface area contributed by atoms with Gasteiger partial charge in [-0.15, -0.1) is 0 Å². The predicted molar refractivity (Wildman–Crippen MR) is 82.1 cm³/mol. The van der Waals surface area contributed by atoms with Gasteiger partial charge < -0.3 is 0 Å². The standard InChI is InChI=1S/C16H27P/c1-5-7-9-14-11-15(10-8-6-2)13-16(12-14)17(3)4/h11-13H,5-10H2,1-4H3. The van der Waals surface area contributed by atoms with Gasteiger partial charge >= 0.3 is 0 Å². The van der Waals surface area contributed by atoms with Crippen molar-refractivity contribution in [3.05, 3.63) is 29.3 Å². The fourth-order valence-electron chi connectivity index (χ4n) is 2.05. The molecule has 0 unspecified atom stereocenters. The van der Waals surface area contributed by atoms with Crippen LogP contribution >= 0.6 is 7.92 Å². The third-order valence-corrected chi connectivity index (χ3v) is 4.48. The summed E-state index contributed by atoms with van der Waals surface area (Å²) in [5.74, 6) is 0. The Morgan fingerprint density at radius 1 is 0.824 bits per heavy atom. The van der Waals surface area contributed by atoms with Gasteiger partial charge in [0.1, 0.15) is 0 Å². The lowest BCUT2D eigenvalue weighted by Gasteiger charge is -2.12. The van der Waals surface area contributed by atoms with E-state index in [4.69, 9.17) is 0 Å². The molecule has 17 heavy (non-hydrogen) atoms. The zero-order valence-corrected chi connectivity index (χ0v) is 12.8. The number of hydrogen-bond acceptors (Lipinski definition) is 0. The molecule has 1 rings (SSSR count). The topological polar surface area (TPSA) is 0 Å². The van der Waals surface area contributed by atoms with E-state index in [1.54, 1.807) is 16.4 Å². The SMILES string of the molecule is CCCCc1cc(CCCC)cc(P(C)C)c1. The zero-order chi connectivity index (χ0) is 12.7. The highest BCUT2D eigenvalue weighted by Crippen LogP contribution is 2.25. The highest BCUT2D eigenvalue weighted by molar-refractivity contribution is 7.64. The quantitative estimate of drug-likeness (QED) is 0.613. The minimum atomic E-state index is 0.0420. The maximum atomic E-state index is 2.44. The average molecular weight is 250 g/mol. The van der Waals surface area contributed by atoms with Crippen LogP contribution in [0.5, 0.6) is 0 Å². The molecule has 0 nitrogen and oxygen atoms in total. The molecule has 0 N–H and O–H groups in total. The molecule has 1 aromatic carbocycles. The fraction of sp³-hybridized carbons (Fsp3) is 0.625. The van der Waals surface area contributed by atoms with Crippen molar-refractivity contribution in [2.24, 2.45) is 0 Å². The Morgan fingerprint density at radius 3 is 1.65 bits per heavy atom. The van der Waals surface area contributed by atoms with E-state index in [9.17, 15) is 0 Å². The normalized spacial score (nSPS) is 11.1. The van der Waals surface area contributed by atoms with E-state index in [0.717, 1.165) is 0 Å². The van der Waals surface area contributed by atoms with E-state index in [2.05, 4.69) is 45.4 Å². The Hall–Kier alpha value is -0.350. The van der Waals surface area contributed by atoms with Crippen molar-refractivity contribution >= 4 is 13.2 Å². The predicted octanol–water partition coefficient (Wildman–Crippen LogP) is 4.74. The van der Waals surface area contributed by atoms with Gasteiger partial charge in [-0.1, -0.05) is 52.8 Å². The summed E-state index contributed by atoms with van der Waals surface area (Å²) < 4.78 is 0. The Balaban J connectivity index is 2.84. The molecule has 1 aromatic rings. The summed E-state index contributed by atoms with van der Waals surface area (Å²) in [5, 5.41) is 1.58. The van der Waals surface area contributed by atoms with Crippen LogP contribution in [0.2, 0.25) is 0 Å². The van der Waals surface area contributed by atoms with Crippen LogP contribution in [0.1, 0.15) is 50.7 Å². The number of rotatable bonds is 7. The van der Waals surface area contributed by atoms with Crippen LogP contribution in [0.15, 0.2) is 18.2 Å². The first-order valence-corrected chi connectivity index (χ1v) is 9.21. The molecule has 0 spiro atoms. The highest BCUT2D eigenvalue weighted by atomic mass is 31.1. The Labute approximate surface area is 109 Å². The molecule has 0 aromatic heterocycles. The first-order chi connectivity index (χ1) is 8.17. The van der Waals surface area contributed by atoms with Crippen molar-refractivity contribution in [1.29, 1.82) is 0 Å². The van der Waals surface area contributed by atoms with Crippen LogP contribution in [-0.2, 0) is 12.8 Å². The number of aryl methyl sites for hydroxylation is 2. The average Bonchev–Trinajstić information content (AvgIpc) is 2.33. The zero-order valence-electron chi connectivity index (χ0n) is 11.9. The van der Waals surface area contributed by atoms with Gasteiger partial charge in [-0.05, 0) is 55.4 Å². The van der Waals surface area contributed by atoms with Gasteiger partial charge in [-0.2, -0.15) is 0 Å². The van der Waals surface area contributed by atoms with Crippen molar-refractivity contribution in [3.8, 4) is 0 Å². The van der Waals surface area contributed by atoms with Crippen molar-refractivity contribution in [2.45, 2.75) is 52.4 Å². The van der Waals surface area contributed by atoms with Gasteiger partial charge in [0.2, 0.25) is 0 Å². The van der Waals surface area contributed by atoms with Crippen molar-refractivity contribution < 1.29 is 0 Å². The molecule has 0 amide bonds. The van der Waals surface area contributed by atoms with E-state index in [1.165, 1.54) is 38.5 Å². The van der Waals surface area contributed by atoms with Crippen LogP contribution in [0, 0.1) is 0 Å². The Morgan fingerprint density at radius 2 is 1.29 bits per heavy atom. The first-order valence-electron chi connectivity index (χ1n) is 6.97. The summed E-state index contributed by atoms with van der Waals surface area (Å²) in [7, 11) is 0.0420. The third kappa shape index (κ3) is 5.21. The minimum absolute atomic E-state index is 0.0420. The molecule has 0 aliphatic carbocycles. The molecule has 0 bridgehead atoms. The number of unbranched alkanes of at least 4 members (excludes halogenated alkanes) is 2. The molecular weight excluding hydrogens is 223 g/mol. The van der Waals surface area contributed by atoms with Gasteiger partial charge in [0.25, 0.3) is 0 Å². The second-order valence-electron chi connectivity index (χ2n) is 5.11. The second kappa shape index (κ2) is 7.88. The van der Waals surface area contributed by atoms with Crippen molar-refractivity contribution in [1.82, 2.24) is 0 Å². The maximum absolute atomic E-state index is 2.44. The van der Waals surface area contributed by atoms with E-state index < -0.39 is 0 Å². The second-order valence-corrected chi connectivity index (χ2v) is 7.41. The first kappa shape index (κ1) is 14.7. The smallest absolute Gasteiger partial charge is 0.0240 e. The molecule has 0 saturated carbocycles. The molecular formula is C16H27P. The summed E-state index contributed by atoms with van der Waals surface area (Å²) in [6.07, 6.45) is 7.74. The highest BCUT2D eigenvalue weighted by Gasteiger charge is 2.04. The van der Waals surface area contributed by atoms with Gasteiger partial charge in [0.15, 0.2) is 0 Å². The molecule has 0 aliphatic rings. The summed E-state index contributed by atoms with van der Waals surface area (Å²) in [6, 6.07) is 7.32. The van der Waals surface area contributed by atoms with E-state index in [-0.39, 0.29) is 7.92 Å². The molecule has 1 heteroatoms. The van der Waals surface area contributed by atoms with Crippen LogP contribution in [0.3, 0.4) is 0 Å².